The topological polar surface area (TPSA) is 68.2 Å². The maximum absolute atomic E-state index is 11.4. The zero-order chi connectivity index (χ0) is 13.5. The molecule has 0 amide bonds. The molecule has 0 bridgehead atoms. The Hall–Kier alpha value is -1.57. The molecule has 2 aromatic rings. The molecule has 0 fully saturated rings. The van der Waals surface area contributed by atoms with Crippen LogP contribution in [-0.4, -0.2) is 23.8 Å². The number of esters is 1. The van der Waals surface area contributed by atoms with Crippen LogP contribution in [0, 0.1) is 0 Å². The van der Waals surface area contributed by atoms with Crippen LogP contribution in [0.25, 0.3) is 0 Å². The van der Waals surface area contributed by atoms with Crippen molar-refractivity contribution in [3.63, 3.8) is 0 Å². The van der Waals surface area contributed by atoms with E-state index in [0.717, 1.165) is 5.56 Å². The van der Waals surface area contributed by atoms with Crippen molar-refractivity contribution < 1.29 is 31.9 Å². The van der Waals surface area contributed by atoms with Crippen LogP contribution < -0.4 is 22.4 Å². The highest BCUT2D eigenvalue weighted by Gasteiger charge is 2.13. The van der Waals surface area contributed by atoms with Crippen molar-refractivity contribution >= 4 is 28.7 Å². The lowest BCUT2D eigenvalue weighted by Crippen LogP contribution is -3.00. The maximum atomic E-state index is 11.4. The molecule has 1 aromatic heterocycles. The Balaban J connectivity index is 0.00000200. The number of hydrogen-bond acceptors (Lipinski definition) is 5. The number of thiazole rings is 1. The number of quaternary nitrogens is 1. The molecule has 7 heteroatoms. The SMILES string of the molecule is CCOC(=O)c1csc([NH2+]/N=C/c2ccccc2)n1.[Br-]. The number of hydrogen-bond donors (Lipinski definition) is 1. The molecule has 0 aliphatic rings. The molecule has 0 radical (unpaired) electrons. The first-order chi connectivity index (χ1) is 9.29. The monoisotopic (exact) mass is 355 g/mol. The van der Waals surface area contributed by atoms with Crippen LogP contribution in [0.3, 0.4) is 0 Å². The number of aromatic nitrogens is 1. The van der Waals surface area contributed by atoms with Crippen molar-refractivity contribution in [2.45, 2.75) is 6.92 Å². The molecule has 5 nitrogen and oxygen atoms in total. The van der Waals surface area contributed by atoms with E-state index in [9.17, 15) is 4.79 Å². The van der Waals surface area contributed by atoms with Gasteiger partial charge in [-0.3, -0.25) is 0 Å². The largest absolute Gasteiger partial charge is 1.00 e. The molecule has 1 heterocycles. The van der Waals surface area contributed by atoms with E-state index in [1.54, 1.807) is 23.9 Å². The molecule has 2 rings (SSSR count). The smallest absolute Gasteiger partial charge is 0.358 e. The third-order valence-electron chi connectivity index (χ3n) is 2.21. The van der Waals surface area contributed by atoms with Gasteiger partial charge < -0.3 is 21.7 Å². The van der Waals surface area contributed by atoms with Crippen molar-refractivity contribution in [2.24, 2.45) is 5.10 Å². The Bertz CT molecular complexity index is 572. The minimum atomic E-state index is -0.398. The van der Waals surface area contributed by atoms with E-state index < -0.39 is 5.97 Å². The van der Waals surface area contributed by atoms with Crippen LogP contribution in [0.2, 0.25) is 0 Å². The minimum absolute atomic E-state index is 0. The number of nitrogens with two attached hydrogens (primary N) is 1. The van der Waals surface area contributed by atoms with Gasteiger partial charge >= 0.3 is 11.1 Å². The Morgan fingerprint density at radius 3 is 2.90 bits per heavy atom. The summed E-state index contributed by atoms with van der Waals surface area (Å²) in [5.41, 5.74) is 2.97. The molecule has 0 aliphatic heterocycles. The van der Waals surface area contributed by atoms with Crippen LogP contribution in [0.4, 0.5) is 5.13 Å². The van der Waals surface area contributed by atoms with Gasteiger partial charge in [-0.1, -0.05) is 46.8 Å². The first-order valence-electron chi connectivity index (χ1n) is 5.83. The van der Waals surface area contributed by atoms with E-state index in [2.05, 4.69) is 10.1 Å². The lowest BCUT2D eigenvalue weighted by Gasteiger charge is -1.95. The van der Waals surface area contributed by atoms with Gasteiger partial charge in [-0.25, -0.2) is 4.79 Å². The zero-order valence-electron chi connectivity index (χ0n) is 10.8. The highest BCUT2D eigenvalue weighted by atomic mass is 79.9. The van der Waals surface area contributed by atoms with Gasteiger partial charge in [0.05, 0.1) is 12.8 Å². The summed E-state index contributed by atoms with van der Waals surface area (Å²) < 4.78 is 4.87. The quantitative estimate of drug-likeness (QED) is 0.309. The summed E-state index contributed by atoms with van der Waals surface area (Å²) in [7, 11) is 0. The molecular formula is C13H14BrN3O2S. The molecule has 0 unspecified atom stereocenters. The van der Waals surface area contributed by atoms with E-state index in [-0.39, 0.29) is 17.0 Å². The number of nitrogens with zero attached hydrogens (tertiary/aromatic N) is 2. The molecule has 106 valence electrons. The second-order valence-corrected chi connectivity index (χ2v) is 4.50. The lowest BCUT2D eigenvalue weighted by atomic mass is 10.2. The Kier molecular flexibility index (Phi) is 7.06. The number of rotatable bonds is 5. The van der Waals surface area contributed by atoms with Crippen LogP contribution >= 0.6 is 11.3 Å². The molecule has 1 aromatic carbocycles. The highest BCUT2D eigenvalue weighted by Crippen LogP contribution is 2.11. The fraction of sp³-hybridized carbons (Fsp3) is 0.154. The standard InChI is InChI=1S/C13H13N3O2S.BrH/c1-2-18-12(17)11-9-19-13(15-11)16-14-8-10-6-4-3-5-7-10;/h3-9H,2H2,1H3,(H,15,16);1H/b14-8+;. The average molecular weight is 356 g/mol. The zero-order valence-corrected chi connectivity index (χ0v) is 13.2. The van der Waals surface area contributed by atoms with E-state index in [1.807, 2.05) is 30.3 Å². The predicted molar refractivity (Wildman–Crippen MR) is 73.7 cm³/mol. The molecule has 0 saturated carbocycles. The molecule has 2 N–H and O–H groups in total. The van der Waals surface area contributed by atoms with Crippen LogP contribution in [0.15, 0.2) is 40.8 Å². The van der Waals surface area contributed by atoms with Gasteiger partial charge in [0.15, 0.2) is 5.69 Å². The van der Waals surface area contributed by atoms with Gasteiger partial charge in [0.25, 0.3) is 0 Å². The highest BCUT2D eigenvalue weighted by molar-refractivity contribution is 7.13. The molecule has 0 spiro atoms. The van der Waals surface area contributed by atoms with Gasteiger partial charge in [-0.15, -0.1) is 0 Å². The van der Waals surface area contributed by atoms with Crippen molar-refractivity contribution in [1.82, 2.24) is 4.98 Å². The van der Waals surface area contributed by atoms with Gasteiger partial charge in [-0.2, -0.15) is 10.4 Å². The van der Waals surface area contributed by atoms with Gasteiger partial charge in [0, 0.05) is 5.38 Å². The third kappa shape index (κ3) is 4.84. The normalized spacial score (nSPS) is 10.2. The first kappa shape index (κ1) is 16.5. The number of carbonyl (C=O) groups excluding carboxylic acids is 1. The summed E-state index contributed by atoms with van der Waals surface area (Å²) in [5.74, 6) is -0.398. The fourth-order valence-corrected chi connectivity index (χ4v) is 2.03. The molecule has 0 saturated heterocycles. The molecule has 20 heavy (non-hydrogen) atoms. The van der Waals surface area contributed by atoms with Crippen LogP contribution in [0.5, 0.6) is 0 Å². The first-order valence-corrected chi connectivity index (χ1v) is 6.71. The fourth-order valence-electron chi connectivity index (χ4n) is 1.37. The van der Waals surface area contributed by atoms with Crippen molar-refractivity contribution in [3.05, 3.63) is 47.0 Å². The number of ether oxygens (including phenoxy) is 1. The summed E-state index contributed by atoms with van der Waals surface area (Å²) in [4.78, 5) is 15.6. The summed E-state index contributed by atoms with van der Waals surface area (Å²) in [6.45, 7) is 2.11. The lowest BCUT2D eigenvalue weighted by molar-refractivity contribution is -0.576. The van der Waals surface area contributed by atoms with E-state index >= 15 is 0 Å². The van der Waals surface area contributed by atoms with Crippen LogP contribution in [-0.2, 0) is 4.74 Å². The molecule has 0 aliphatic carbocycles. The summed E-state index contributed by atoms with van der Waals surface area (Å²) in [6.07, 6.45) is 1.74. The van der Waals surface area contributed by atoms with Crippen LogP contribution in [0.1, 0.15) is 23.0 Å². The number of halogens is 1. The summed E-state index contributed by atoms with van der Waals surface area (Å²) in [6, 6.07) is 9.77. The Morgan fingerprint density at radius 2 is 2.20 bits per heavy atom. The number of benzene rings is 1. The number of carbonyl (C=O) groups is 1. The maximum Gasteiger partial charge on any atom is 0.358 e. The van der Waals surface area contributed by atoms with E-state index in [0.29, 0.717) is 17.4 Å². The molecule has 0 atom stereocenters. The Morgan fingerprint density at radius 1 is 1.45 bits per heavy atom. The Labute approximate surface area is 131 Å². The van der Waals surface area contributed by atoms with Gasteiger partial charge in [0.1, 0.15) is 0 Å². The summed E-state index contributed by atoms with van der Waals surface area (Å²) in [5, 5.41) is 6.52. The van der Waals surface area contributed by atoms with E-state index in [4.69, 9.17) is 4.74 Å². The molecular weight excluding hydrogens is 342 g/mol. The second kappa shape index (κ2) is 8.57. The predicted octanol–water partition coefficient (Wildman–Crippen LogP) is -1.45. The minimum Gasteiger partial charge on any atom is -1.00 e. The average Bonchev–Trinajstić information content (AvgIpc) is 2.89. The summed E-state index contributed by atoms with van der Waals surface area (Å²) >= 11 is 1.36. The van der Waals surface area contributed by atoms with Crippen molar-refractivity contribution in [1.29, 1.82) is 0 Å². The van der Waals surface area contributed by atoms with Crippen molar-refractivity contribution in [3.8, 4) is 0 Å². The van der Waals surface area contributed by atoms with E-state index in [1.165, 1.54) is 11.3 Å². The third-order valence-corrected chi connectivity index (χ3v) is 2.99. The van der Waals surface area contributed by atoms with Gasteiger partial charge in [0.2, 0.25) is 0 Å². The van der Waals surface area contributed by atoms with Gasteiger partial charge in [-0.05, 0) is 12.5 Å². The second-order valence-electron chi connectivity index (χ2n) is 3.61. The van der Waals surface area contributed by atoms with Crippen molar-refractivity contribution in [2.75, 3.05) is 6.61 Å².